The van der Waals surface area contributed by atoms with Crippen molar-refractivity contribution in [2.75, 3.05) is 19.7 Å². The third-order valence-corrected chi connectivity index (χ3v) is 3.15. The molecule has 0 saturated carbocycles. The van der Waals surface area contributed by atoms with Crippen molar-refractivity contribution >= 4 is 11.6 Å². The lowest BCUT2D eigenvalue weighted by Crippen LogP contribution is -2.32. The Morgan fingerprint density at radius 1 is 1.29 bits per heavy atom. The molecule has 0 unspecified atom stereocenters. The smallest absolute Gasteiger partial charge is 0.269 e. The maximum absolute atomic E-state index is 12.0. The number of non-ortho nitro benzene ring substituents is 1. The summed E-state index contributed by atoms with van der Waals surface area (Å²) in [5.41, 5.74) is 0.0233. The van der Waals surface area contributed by atoms with E-state index in [9.17, 15) is 14.9 Å². The minimum absolute atomic E-state index is 0.0233. The van der Waals surface area contributed by atoms with Gasteiger partial charge in [-0.3, -0.25) is 14.9 Å². The Kier molecular flexibility index (Phi) is 7.21. The van der Waals surface area contributed by atoms with Crippen molar-refractivity contribution in [1.29, 1.82) is 0 Å². The van der Waals surface area contributed by atoms with E-state index < -0.39 is 4.92 Å². The van der Waals surface area contributed by atoms with Crippen molar-refractivity contribution in [3.63, 3.8) is 0 Å². The van der Waals surface area contributed by atoms with Gasteiger partial charge in [0.25, 0.3) is 5.69 Å². The van der Waals surface area contributed by atoms with Crippen LogP contribution < -0.4 is 4.74 Å². The fourth-order valence-corrected chi connectivity index (χ4v) is 1.89. The molecule has 6 heteroatoms. The van der Waals surface area contributed by atoms with Crippen LogP contribution in [0.1, 0.15) is 33.1 Å². The van der Waals surface area contributed by atoms with Crippen LogP contribution in [0, 0.1) is 10.1 Å². The number of ether oxygens (including phenoxy) is 1. The molecule has 21 heavy (non-hydrogen) atoms. The van der Waals surface area contributed by atoms with Gasteiger partial charge in [-0.05, 0) is 25.5 Å². The first-order valence-corrected chi connectivity index (χ1v) is 7.23. The van der Waals surface area contributed by atoms with E-state index in [1.807, 2.05) is 11.8 Å². The molecular formula is C15H22N2O4. The van der Waals surface area contributed by atoms with Crippen LogP contribution in [0.25, 0.3) is 0 Å². The van der Waals surface area contributed by atoms with Gasteiger partial charge in [-0.1, -0.05) is 13.3 Å². The molecular weight excluding hydrogens is 272 g/mol. The molecule has 0 aliphatic rings. The highest BCUT2D eigenvalue weighted by molar-refractivity contribution is 5.76. The largest absolute Gasteiger partial charge is 0.493 e. The number of carbonyl (C=O) groups is 1. The zero-order chi connectivity index (χ0) is 15.7. The van der Waals surface area contributed by atoms with Crippen LogP contribution in [0.3, 0.4) is 0 Å². The van der Waals surface area contributed by atoms with Gasteiger partial charge in [-0.15, -0.1) is 0 Å². The Labute approximate surface area is 124 Å². The highest BCUT2D eigenvalue weighted by atomic mass is 16.6. The Bertz CT molecular complexity index is 459. The molecule has 0 aromatic heterocycles. The maximum Gasteiger partial charge on any atom is 0.269 e. The van der Waals surface area contributed by atoms with Gasteiger partial charge in [0.2, 0.25) is 5.91 Å². The van der Waals surface area contributed by atoms with E-state index >= 15 is 0 Å². The summed E-state index contributed by atoms with van der Waals surface area (Å²) in [5, 5.41) is 10.5. The predicted molar refractivity (Wildman–Crippen MR) is 80.4 cm³/mol. The lowest BCUT2D eigenvalue weighted by molar-refractivity contribution is -0.384. The first-order valence-electron chi connectivity index (χ1n) is 7.23. The van der Waals surface area contributed by atoms with Crippen LogP contribution >= 0.6 is 0 Å². The fraction of sp³-hybridized carbons (Fsp3) is 0.533. The number of nitro benzene ring substituents is 1. The lowest BCUT2D eigenvalue weighted by atomic mass is 10.3. The molecule has 0 fully saturated rings. The molecule has 0 aliphatic carbocycles. The molecule has 0 spiro atoms. The number of nitrogens with zero attached hydrogens (tertiary/aromatic N) is 2. The van der Waals surface area contributed by atoms with E-state index in [4.69, 9.17) is 4.74 Å². The second-order valence-corrected chi connectivity index (χ2v) is 4.68. The lowest BCUT2D eigenvalue weighted by Gasteiger charge is -2.20. The van der Waals surface area contributed by atoms with Gasteiger partial charge in [0.05, 0.1) is 18.0 Å². The summed E-state index contributed by atoms with van der Waals surface area (Å²) < 4.78 is 5.44. The molecule has 0 aliphatic heterocycles. The SMILES string of the molecule is CCCCN(CC)C(=O)CCOc1ccc([N+](=O)[O-])cc1. The minimum atomic E-state index is -0.458. The molecule has 0 bridgehead atoms. The van der Waals surface area contributed by atoms with E-state index in [1.165, 1.54) is 24.3 Å². The average molecular weight is 294 g/mol. The Hall–Kier alpha value is -2.11. The zero-order valence-electron chi connectivity index (χ0n) is 12.6. The summed E-state index contributed by atoms with van der Waals surface area (Å²) in [7, 11) is 0. The molecule has 1 amide bonds. The van der Waals surface area contributed by atoms with E-state index in [0.717, 1.165) is 19.4 Å². The molecule has 0 radical (unpaired) electrons. The second kappa shape index (κ2) is 8.94. The molecule has 0 N–H and O–H groups in total. The minimum Gasteiger partial charge on any atom is -0.493 e. The third-order valence-electron chi connectivity index (χ3n) is 3.15. The second-order valence-electron chi connectivity index (χ2n) is 4.68. The molecule has 6 nitrogen and oxygen atoms in total. The summed E-state index contributed by atoms with van der Waals surface area (Å²) in [6, 6.07) is 5.85. The molecule has 0 atom stereocenters. The fourth-order valence-electron chi connectivity index (χ4n) is 1.89. The van der Waals surface area contributed by atoms with Gasteiger partial charge in [-0.2, -0.15) is 0 Å². The number of carbonyl (C=O) groups excluding carboxylic acids is 1. The summed E-state index contributed by atoms with van der Waals surface area (Å²) >= 11 is 0. The van der Waals surface area contributed by atoms with Crippen molar-refractivity contribution in [2.45, 2.75) is 33.1 Å². The summed E-state index contributed by atoms with van der Waals surface area (Å²) in [6.45, 7) is 5.82. The van der Waals surface area contributed by atoms with Gasteiger partial charge in [0.1, 0.15) is 5.75 Å². The number of benzene rings is 1. The predicted octanol–water partition coefficient (Wildman–Crippen LogP) is 3.01. The zero-order valence-corrected chi connectivity index (χ0v) is 12.6. The summed E-state index contributed by atoms with van der Waals surface area (Å²) in [6.07, 6.45) is 2.38. The number of rotatable bonds is 9. The molecule has 1 aromatic carbocycles. The Morgan fingerprint density at radius 2 is 1.95 bits per heavy atom. The molecule has 116 valence electrons. The van der Waals surface area contributed by atoms with Crippen molar-refractivity contribution in [3.8, 4) is 5.75 Å². The summed E-state index contributed by atoms with van der Waals surface area (Å²) in [4.78, 5) is 23.9. The highest BCUT2D eigenvalue weighted by Crippen LogP contribution is 2.17. The van der Waals surface area contributed by atoms with Gasteiger partial charge < -0.3 is 9.64 Å². The molecule has 1 aromatic rings. The quantitative estimate of drug-likeness (QED) is 0.518. The monoisotopic (exact) mass is 294 g/mol. The van der Waals surface area contributed by atoms with Gasteiger partial charge in [-0.25, -0.2) is 0 Å². The van der Waals surface area contributed by atoms with Crippen LogP contribution in [0.15, 0.2) is 24.3 Å². The third kappa shape index (κ3) is 5.81. The van der Waals surface area contributed by atoms with Crippen LogP contribution in [-0.2, 0) is 4.79 Å². The number of amides is 1. The van der Waals surface area contributed by atoms with Crippen LogP contribution in [0.2, 0.25) is 0 Å². The number of hydrogen-bond acceptors (Lipinski definition) is 4. The van der Waals surface area contributed by atoms with Crippen LogP contribution in [-0.4, -0.2) is 35.4 Å². The number of hydrogen-bond donors (Lipinski definition) is 0. The number of nitro groups is 1. The molecule has 0 saturated heterocycles. The van der Waals surface area contributed by atoms with Crippen molar-refractivity contribution in [3.05, 3.63) is 34.4 Å². The normalized spacial score (nSPS) is 10.2. The van der Waals surface area contributed by atoms with Crippen molar-refractivity contribution < 1.29 is 14.5 Å². The van der Waals surface area contributed by atoms with Crippen molar-refractivity contribution in [1.82, 2.24) is 4.90 Å². The maximum atomic E-state index is 12.0. The summed E-state index contributed by atoms with van der Waals surface area (Å²) in [5.74, 6) is 0.609. The molecule has 0 heterocycles. The van der Waals surface area contributed by atoms with E-state index in [2.05, 4.69) is 6.92 Å². The first kappa shape index (κ1) is 16.9. The highest BCUT2D eigenvalue weighted by Gasteiger charge is 2.11. The van der Waals surface area contributed by atoms with Crippen molar-refractivity contribution in [2.24, 2.45) is 0 Å². The van der Waals surface area contributed by atoms with Gasteiger partial charge >= 0.3 is 0 Å². The Morgan fingerprint density at radius 3 is 2.48 bits per heavy atom. The Balaban J connectivity index is 2.38. The van der Waals surface area contributed by atoms with E-state index in [0.29, 0.717) is 18.7 Å². The molecule has 1 rings (SSSR count). The topological polar surface area (TPSA) is 72.7 Å². The standard InChI is InChI=1S/C15H22N2O4/c1-3-5-11-16(4-2)15(18)10-12-21-14-8-6-13(7-9-14)17(19)20/h6-9H,3-5,10-12H2,1-2H3. The van der Waals surface area contributed by atoms with Crippen LogP contribution in [0.5, 0.6) is 5.75 Å². The number of unbranched alkanes of at least 4 members (excludes halogenated alkanes) is 1. The van der Waals surface area contributed by atoms with Gasteiger partial charge in [0.15, 0.2) is 0 Å². The average Bonchev–Trinajstić information content (AvgIpc) is 2.48. The van der Waals surface area contributed by atoms with E-state index in [-0.39, 0.29) is 18.2 Å². The van der Waals surface area contributed by atoms with E-state index in [1.54, 1.807) is 0 Å². The van der Waals surface area contributed by atoms with Crippen LogP contribution in [0.4, 0.5) is 5.69 Å². The van der Waals surface area contributed by atoms with Gasteiger partial charge in [0, 0.05) is 25.2 Å². The first-order chi connectivity index (χ1) is 10.1.